The summed E-state index contributed by atoms with van der Waals surface area (Å²) in [5.74, 6) is -0.763. The first-order valence-electron chi connectivity index (χ1n) is 8.55. The molecular weight excluding hydrogens is 330 g/mol. The van der Waals surface area contributed by atoms with E-state index in [9.17, 15) is 14.7 Å². The van der Waals surface area contributed by atoms with Crippen molar-refractivity contribution in [1.29, 1.82) is 0 Å². The van der Waals surface area contributed by atoms with E-state index >= 15 is 0 Å². The summed E-state index contributed by atoms with van der Waals surface area (Å²) in [6.45, 7) is 0.567. The van der Waals surface area contributed by atoms with E-state index < -0.39 is 17.5 Å². The van der Waals surface area contributed by atoms with Gasteiger partial charge >= 0.3 is 12.1 Å². The number of rotatable bonds is 7. The molecule has 2 N–H and O–H groups in total. The minimum atomic E-state index is -0.763. The van der Waals surface area contributed by atoms with E-state index in [2.05, 4.69) is 5.32 Å². The third-order valence-electron chi connectivity index (χ3n) is 4.49. The number of carboxylic acid groups (broad SMARTS) is 1. The lowest BCUT2D eigenvalue weighted by Crippen LogP contribution is -2.24. The Kier molecular flexibility index (Phi) is 5.37. The number of ether oxygens (including phenoxy) is 1. The molecule has 0 radical (unpaired) electrons. The van der Waals surface area contributed by atoms with Gasteiger partial charge in [-0.15, -0.1) is 0 Å². The van der Waals surface area contributed by atoms with Crippen LogP contribution in [0.2, 0.25) is 0 Å². The number of hydrogen-bond donors (Lipinski definition) is 2. The lowest BCUT2D eigenvalue weighted by atomic mass is 9.94. The number of carboxylic acids is 1. The van der Waals surface area contributed by atoms with Crippen molar-refractivity contribution >= 4 is 18.1 Å². The van der Waals surface area contributed by atoms with Crippen LogP contribution in [0, 0.1) is 0 Å². The standard InChI is InChI=1S/C21H21NO4/c23-19(24)21(11-12-21)18-10-4-8-16(14-18)9-5-13-22-20(25)26-15-17-6-2-1-3-7-17/h1-10,14H,11-13,15H2,(H,22,25)(H,23,24). The van der Waals surface area contributed by atoms with Crippen molar-refractivity contribution < 1.29 is 19.4 Å². The molecule has 1 saturated carbocycles. The molecule has 2 aromatic rings. The number of hydrogen-bond acceptors (Lipinski definition) is 3. The van der Waals surface area contributed by atoms with E-state index in [-0.39, 0.29) is 6.61 Å². The monoisotopic (exact) mass is 351 g/mol. The van der Waals surface area contributed by atoms with Crippen LogP contribution < -0.4 is 5.32 Å². The van der Waals surface area contributed by atoms with E-state index in [0.29, 0.717) is 19.4 Å². The van der Waals surface area contributed by atoms with Gasteiger partial charge in [-0.1, -0.05) is 66.7 Å². The van der Waals surface area contributed by atoms with E-state index in [1.165, 1.54) is 0 Å². The highest BCUT2D eigenvalue weighted by atomic mass is 16.5. The SMILES string of the molecule is O=C(NCC=Cc1cccc(C2(C(=O)O)CC2)c1)OCc1ccccc1. The first-order valence-corrected chi connectivity index (χ1v) is 8.55. The Bertz CT molecular complexity index is 810. The van der Waals surface area contributed by atoms with E-state index in [4.69, 9.17) is 4.74 Å². The molecule has 1 amide bonds. The van der Waals surface area contributed by atoms with Crippen LogP contribution in [0.25, 0.3) is 6.08 Å². The maximum atomic E-state index is 11.7. The Morgan fingerprint density at radius 1 is 1.12 bits per heavy atom. The van der Waals surface area contributed by atoms with Gasteiger partial charge in [0.25, 0.3) is 0 Å². The molecule has 1 aliphatic carbocycles. The normalized spacial score (nSPS) is 14.8. The van der Waals surface area contributed by atoms with Crippen LogP contribution in [0.1, 0.15) is 29.5 Å². The predicted molar refractivity (Wildman–Crippen MR) is 98.7 cm³/mol. The maximum absolute atomic E-state index is 11.7. The van der Waals surface area contributed by atoms with Gasteiger partial charge in [-0.25, -0.2) is 4.79 Å². The van der Waals surface area contributed by atoms with E-state index in [1.807, 2.05) is 66.7 Å². The Balaban J connectivity index is 1.47. The van der Waals surface area contributed by atoms with Gasteiger partial charge in [-0.2, -0.15) is 0 Å². The van der Waals surface area contributed by atoms with Crippen molar-refractivity contribution in [2.24, 2.45) is 0 Å². The number of alkyl carbamates (subject to hydrolysis) is 1. The average Bonchev–Trinajstić information content (AvgIpc) is 3.47. The Labute approximate surface area is 152 Å². The quantitative estimate of drug-likeness (QED) is 0.797. The largest absolute Gasteiger partial charge is 0.481 e. The summed E-state index contributed by atoms with van der Waals surface area (Å²) in [6, 6.07) is 17.0. The van der Waals surface area contributed by atoms with Crippen molar-refractivity contribution in [3.05, 3.63) is 77.4 Å². The van der Waals surface area contributed by atoms with Crippen LogP contribution in [0.15, 0.2) is 60.7 Å². The first-order chi connectivity index (χ1) is 12.6. The molecule has 0 unspecified atom stereocenters. The van der Waals surface area contributed by atoms with Crippen LogP contribution in [0.4, 0.5) is 4.79 Å². The van der Waals surface area contributed by atoms with Gasteiger partial charge in [0.05, 0.1) is 5.41 Å². The maximum Gasteiger partial charge on any atom is 0.407 e. The van der Waals surface area contributed by atoms with Crippen LogP contribution in [-0.2, 0) is 21.6 Å². The summed E-state index contributed by atoms with van der Waals surface area (Å²) in [5.41, 5.74) is 1.97. The molecule has 0 heterocycles. The van der Waals surface area contributed by atoms with Gasteiger partial charge in [0, 0.05) is 6.54 Å². The predicted octanol–water partition coefficient (Wildman–Crippen LogP) is 3.74. The number of aliphatic carboxylic acids is 1. The molecule has 3 rings (SSSR count). The van der Waals surface area contributed by atoms with Crippen molar-refractivity contribution in [2.45, 2.75) is 24.9 Å². The smallest absolute Gasteiger partial charge is 0.407 e. The summed E-state index contributed by atoms with van der Waals surface area (Å²) in [4.78, 5) is 23.1. The highest BCUT2D eigenvalue weighted by molar-refractivity contribution is 5.85. The lowest BCUT2D eigenvalue weighted by Gasteiger charge is -2.10. The zero-order chi connectivity index (χ0) is 18.4. The summed E-state index contributed by atoms with van der Waals surface area (Å²) >= 11 is 0. The minimum Gasteiger partial charge on any atom is -0.481 e. The topological polar surface area (TPSA) is 75.6 Å². The molecule has 5 heteroatoms. The van der Waals surface area contributed by atoms with Gasteiger partial charge in [0.1, 0.15) is 6.61 Å². The molecular formula is C21H21NO4. The zero-order valence-corrected chi connectivity index (χ0v) is 14.4. The summed E-state index contributed by atoms with van der Waals surface area (Å²) in [6.07, 6.45) is 4.56. The Hall–Kier alpha value is -3.08. The van der Waals surface area contributed by atoms with Crippen LogP contribution in [0.5, 0.6) is 0 Å². The van der Waals surface area contributed by atoms with Crippen molar-refractivity contribution in [3.8, 4) is 0 Å². The number of amides is 1. The number of carbonyl (C=O) groups excluding carboxylic acids is 1. The molecule has 0 saturated heterocycles. The fourth-order valence-electron chi connectivity index (χ4n) is 2.80. The van der Waals surface area contributed by atoms with Gasteiger partial charge < -0.3 is 15.2 Å². The van der Waals surface area contributed by atoms with E-state index in [1.54, 1.807) is 0 Å². The first kappa shape index (κ1) is 17.7. The average molecular weight is 351 g/mol. The molecule has 2 aromatic carbocycles. The molecule has 0 bridgehead atoms. The second kappa shape index (κ2) is 7.87. The molecule has 0 aliphatic heterocycles. The number of nitrogens with one attached hydrogen (secondary N) is 1. The molecule has 0 atom stereocenters. The van der Waals surface area contributed by atoms with Gasteiger partial charge in [0.2, 0.25) is 0 Å². The van der Waals surface area contributed by atoms with Crippen molar-refractivity contribution in [3.63, 3.8) is 0 Å². The molecule has 1 fully saturated rings. The highest BCUT2D eigenvalue weighted by Gasteiger charge is 2.51. The Morgan fingerprint density at radius 3 is 2.58 bits per heavy atom. The zero-order valence-electron chi connectivity index (χ0n) is 14.4. The summed E-state index contributed by atoms with van der Waals surface area (Å²) < 4.78 is 5.13. The third-order valence-corrected chi connectivity index (χ3v) is 4.49. The van der Waals surface area contributed by atoms with Crippen molar-refractivity contribution in [1.82, 2.24) is 5.32 Å². The minimum absolute atomic E-state index is 0.232. The molecule has 0 aromatic heterocycles. The Morgan fingerprint density at radius 2 is 1.88 bits per heavy atom. The van der Waals surface area contributed by atoms with Crippen LogP contribution >= 0.6 is 0 Å². The van der Waals surface area contributed by atoms with Gasteiger partial charge in [-0.05, 0) is 29.5 Å². The third kappa shape index (κ3) is 4.30. The lowest BCUT2D eigenvalue weighted by molar-refractivity contribution is -0.140. The summed E-state index contributed by atoms with van der Waals surface area (Å²) in [7, 11) is 0. The highest BCUT2D eigenvalue weighted by Crippen LogP contribution is 2.48. The van der Waals surface area contributed by atoms with Crippen LogP contribution in [-0.4, -0.2) is 23.7 Å². The molecule has 26 heavy (non-hydrogen) atoms. The van der Waals surface area contributed by atoms with Crippen LogP contribution in [0.3, 0.4) is 0 Å². The molecule has 1 aliphatic rings. The fourth-order valence-corrected chi connectivity index (χ4v) is 2.80. The molecule has 5 nitrogen and oxygen atoms in total. The number of benzene rings is 2. The fraction of sp³-hybridized carbons (Fsp3) is 0.238. The van der Waals surface area contributed by atoms with E-state index in [0.717, 1.165) is 16.7 Å². The molecule has 0 spiro atoms. The van der Waals surface area contributed by atoms with Gasteiger partial charge in [0.15, 0.2) is 0 Å². The van der Waals surface area contributed by atoms with Crippen molar-refractivity contribution in [2.75, 3.05) is 6.54 Å². The summed E-state index contributed by atoms with van der Waals surface area (Å²) in [5, 5.41) is 12.0. The second-order valence-corrected chi connectivity index (χ2v) is 6.36. The number of carbonyl (C=O) groups is 2. The molecule has 134 valence electrons. The van der Waals surface area contributed by atoms with Gasteiger partial charge in [-0.3, -0.25) is 4.79 Å². The second-order valence-electron chi connectivity index (χ2n) is 6.36.